The summed E-state index contributed by atoms with van der Waals surface area (Å²) in [5.41, 5.74) is 0. The molecular formula is C60H102O49. The van der Waals surface area contributed by atoms with E-state index in [2.05, 4.69) is 0 Å². The van der Waals surface area contributed by atoms with Gasteiger partial charge in [-0.3, -0.25) is 0 Å². The molecule has 0 aliphatic carbocycles. The summed E-state index contributed by atoms with van der Waals surface area (Å²) in [5.74, 6) is 0. The molecule has 30 N–H and O–H groups in total. The Morgan fingerprint density at radius 3 is 0.688 bits per heavy atom. The molecule has 49 heteroatoms. The van der Waals surface area contributed by atoms with Crippen LogP contribution >= 0.6 is 0 Å². The average Bonchev–Trinajstić information content (AvgIpc) is 0.774. The van der Waals surface area contributed by atoms with Crippen LogP contribution in [0, 0.1) is 0 Å². The van der Waals surface area contributed by atoms with E-state index in [4.69, 9.17) is 90.0 Å². The van der Waals surface area contributed by atoms with Crippen LogP contribution in [0.3, 0.4) is 0 Å². The van der Waals surface area contributed by atoms with Gasteiger partial charge in [0.15, 0.2) is 62.9 Å². The summed E-state index contributed by atoms with van der Waals surface area (Å²) in [6.07, 6.45) is -105. The molecule has 49 nitrogen and oxygen atoms in total. The molecule has 10 heterocycles. The molecule has 10 aliphatic heterocycles. The lowest BCUT2D eigenvalue weighted by Crippen LogP contribution is -2.69. The van der Waals surface area contributed by atoms with Crippen molar-refractivity contribution in [2.24, 2.45) is 0 Å². The zero-order valence-electron chi connectivity index (χ0n) is 57.7. The van der Waals surface area contributed by atoms with Crippen molar-refractivity contribution in [1.82, 2.24) is 0 Å². The van der Waals surface area contributed by atoms with Crippen molar-refractivity contribution in [3.8, 4) is 0 Å². The number of hydrogen-bond acceptors (Lipinski definition) is 49. The fraction of sp³-hybridized carbons (Fsp3) is 1.00. The highest BCUT2D eigenvalue weighted by Gasteiger charge is 2.62. The largest absolute Gasteiger partial charge is 0.394 e. The van der Waals surface area contributed by atoms with E-state index in [0.717, 1.165) is 0 Å². The van der Waals surface area contributed by atoms with E-state index >= 15 is 0 Å². The van der Waals surface area contributed by atoms with E-state index in [1.807, 2.05) is 0 Å². The predicted molar refractivity (Wildman–Crippen MR) is 327 cm³/mol. The molecule has 0 bridgehead atoms. The Kier molecular flexibility index (Phi) is 31.3. The van der Waals surface area contributed by atoms with E-state index < -0.39 is 360 Å². The highest BCUT2D eigenvalue weighted by Crippen LogP contribution is 2.41. The SMILES string of the molecule is CC1O[C@@H](O[C@@H]2C(O)[C@H](O[C@@H]3C(O[C@H]4OC(CO)[C@@H](O)[C@H](O)C4O)[C@H](O[C@@H]4C(O)[C@H](O[C@@H]5C(O)[C@H](O[C@@H]6C(O)[C@H](O)OC(CO)[C@H]6O)OC(C)[C@@H]5O)OC(CO)[C@H]4O)OC(CO)[C@H]3O)OC(CO)[C@H]2O)C(O)[C@@H](O[C@@H]2OC(CO)[C@@H](O)[C@H](O[C@@H]3OC(CO)[C@@H](O)[C@H](O)C3O[C@H]3OC(CO)[C@@H](O)[C@H](O)C3O)C2O)[C@H]1O. The van der Waals surface area contributed by atoms with Gasteiger partial charge in [-0.1, -0.05) is 0 Å². The monoisotopic (exact) mass is 1610 g/mol. The summed E-state index contributed by atoms with van der Waals surface area (Å²) < 4.78 is 109. The molecule has 10 saturated heterocycles. The topological polar surface area (TPSA) is 782 Å². The molecule has 0 saturated carbocycles. The molecule has 0 aromatic heterocycles. The molecule has 0 spiro atoms. The molecular weight excluding hydrogens is 1500 g/mol. The zero-order chi connectivity index (χ0) is 80.0. The minimum absolute atomic E-state index is 0.901. The van der Waals surface area contributed by atoms with Crippen LogP contribution in [0.5, 0.6) is 0 Å². The van der Waals surface area contributed by atoms with Gasteiger partial charge >= 0.3 is 0 Å². The summed E-state index contributed by atoms with van der Waals surface area (Å²) in [5, 5.41) is 331. The second-order valence-corrected chi connectivity index (χ2v) is 28.0. The Morgan fingerprint density at radius 2 is 0.367 bits per heavy atom. The van der Waals surface area contributed by atoms with Crippen LogP contribution in [0.25, 0.3) is 0 Å². The third-order valence-corrected chi connectivity index (χ3v) is 20.8. The van der Waals surface area contributed by atoms with Crippen LogP contribution in [0.4, 0.5) is 0 Å². The van der Waals surface area contributed by atoms with Gasteiger partial charge in [-0.05, 0) is 13.8 Å². The molecule has 0 aromatic carbocycles. The van der Waals surface area contributed by atoms with E-state index in [0.29, 0.717) is 0 Å². The van der Waals surface area contributed by atoms with Crippen molar-refractivity contribution in [3.05, 3.63) is 0 Å². The Hall–Kier alpha value is -1.96. The minimum Gasteiger partial charge on any atom is -0.394 e. The molecule has 0 aromatic rings. The summed E-state index contributed by atoms with van der Waals surface area (Å²) in [4.78, 5) is 0. The van der Waals surface area contributed by atoms with E-state index in [1.165, 1.54) is 13.8 Å². The lowest BCUT2D eigenvalue weighted by molar-refractivity contribution is -0.415. The predicted octanol–water partition coefficient (Wildman–Crippen LogP) is -20.7. The number of aliphatic hydroxyl groups excluding tert-OH is 30. The molecule has 636 valence electrons. The maximum absolute atomic E-state index is 12.3. The van der Waals surface area contributed by atoms with Gasteiger partial charge in [0, 0.05) is 0 Å². The molecule has 20 unspecified atom stereocenters. The van der Waals surface area contributed by atoms with Gasteiger partial charge in [-0.2, -0.15) is 0 Å². The normalized spacial score (nSPS) is 54.5. The standard InChI is InChI=1S/C60H102O49/c1-11-21(69)42(37(85)54(91-11)103-44-26(74)16(6-64)93-51(90)36(44)84)101-57-41(89)47(29(77)19(9-67)97-57)106-60-50(109-53-35(83)32(80)24(72)14(4-62)95-53)48(30(78)20(10-68)100-60)107-58-39(87)45(27(75)17(7-65)98-58)104-55-38(86)43(22(70)12(2)92-55)102-56-40(88)46(28(76)18(8-66)96-56)105-59-49(33(81)25(73)15(5-63)99-59)108-52-34(82)31(79)23(71)13(3-61)94-52/h11-90H,3-10H2,1-2H3/t11?,12?,13?,14?,15?,16?,17?,18?,19?,20?,21-,22-,23+,24+,25+,26+,27+,28+,29+,30+,31-,32-,33-,34?,35?,36?,37?,38?,39?,40?,41?,42-,43-,44-,45-,46-,47-,48-,49?,50?,51+,52+,53+,54-,55-,56-,57-,58-,59-,60-/m0/s1. The molecule has 10 aliphatic rings. The van der Waals surface area contributed by atoms with Gasteiger partial charge in [0.2, 0.25) is 0 Å². The second kappa shape index (κ2) is 38.2. The van der Waals surface area contributed by atoms with Crippen LogP contribution in [-0.4, -0.2) is 513 Å². The molecule has 10 rings (SSSR count). The molecule has 109 heavy (non-hydrogen) atoms. The number of rotatable bonds is 26. The highest BCUT2D eigenvalue weighted by molar-refractivity contribution is 5.04. The lowest BCUT2D eigenvalue weighted by Gasteiger charge is -2.51. The Morgan fingerprint density at radius 1 is 0.165 bits per heavy atom. The summed E-state index contributed by atoms with van der Waals surface area (Å²) in [6.45, 7) is -6.31. The van der Waals surface area contributed by atoms with Crippen molar-refractivity contribution in [2.75, 3.05) is 52.9 Å². The van der Waals surface area contributed by atoms with Gasteiger partial charge < -0.3 is 243 Å². The van der Waals surface area contributed by atoms with Crippen molar-refractivity contribution in [3.63, 3.8) is 0 Å². The maximum Gasteiger partial charge on any atom is 0.187 e. The second-order valence-electron chi connectivity index (χ2n) is 28.0. The van der Waals surface area contributed by atoms with Crippen molar-refractivity contribution >= 4 is 0 Å². The van der Waals surface area contributed by atoms with Gasteiger partial charge in [0.05, 0.1) is 65.1 Å². The first-order chi connectivity index (χ1) is 51.6. The van der Waals surface area contributed by atoms with Crippen LogP contribution in [0.15, 0.2) is 0 Å². The van der Waals surface area contributed by atoms with Crippen molar-refractivity contribution in [2.45, 2.75) is 321 Å². The molecule has 50 atom stereocenters. The Bertz CT molecular complexity index is 2750. The van der Waals surface area contributed by atoms with Gasteiger partial charge in [-0.25, -0.2) is 0 Å². The quantitative estimate of drug-likeness (QED) is 0.0382. The maximum atomic E-state index is 12.3. The highest BCUT2D eigenvalue weighted by atomic mass is 16.8. The molecule has 0 amide bonds. The fourth-order valence-corrected chi connectivity index (χ4v) is 14.3. The zero-order valence-corrected chi connectivity index (χ0v) is 57.7. The van der Waals surface area contributed by atoms with Crippen LogP contribution in [0.2, 0.25) is 0 Å². The summed E-state index contributed by atoms with van der Waals surface area (Å²) >= 11 is 0. The first kappa shape index (κ1) is 89.4. The van der Waals surface area contributed by atoms with E-state index in [9.17, 15) is 153 Å². The lowest BCUT2D eigenvalue weighted by atomic mass is 9.94. The van der Waals surface area contributed by atoms with E-state index in [-0.39, 0.29) is 0 Å². The first-order valence-electron chi connectivity index (χ1n) is 34.9. The van der Waals surface area contributed by atoms with E-state index in [1.54, 1.807) is 0 Å². The third-order valence-electron chi connectivity index (χ3n) is 20.8. The average molecular weight is 1610 g/mol. The number of ether oxygens (including phenoxy) is 19. The number of hydrogen-bond donors (Lipinski definition) is 30. The molecule has 0 radical (unpaired) electrons. The van der Waals surface area contributed by atoms with Gasteiger partial charge in [-0.15, -0.1) is 0 Å². The summed E-state index contributed by atoms with van der Waals surface area (Å²) in [7, 11) is 0. The Balaban J connectivity index is 0.892. The summed E-state index contributed by atoms with van der Waals surface area (Å²) in [6, 6.07) is 0. The minimum atomic E-state index is -2.50. The van der Waals surface area contributed by atoms with Crippen LogP contribution in [0.1, 0.15) is 13.8 Å². The van der Waals surface area contributed by atoms with Crippen molar-refractivity contribution < 1.29 is 243 Å². The molecule has 10 fully saturated rings. The first-order valence-corrected chi connectivity index (χ1v) is 34.9. The fourth-order valence-electron chi connectivity index (χ4n) is 14.3. The Labute approximate surface area is 615 Å². The third kappa shape index (κ3) is 18.4. The van der Waals surface area contributed by atoms with Crippen LogP contribution < -0.4 is 0 Å². The van der Waals surface area contributed by atoms with Crippen molar-refractivity contribution in [1.29, 1.82) is 0 Å². The van der Waals surface area contributed by atoms with Crippen LogP contribution in [-0.2, 0) is 90.0 Å². The van der Waals surface area contributed by atoms with Gasteiger partial charge in [0.25, 0.3) is 0 Å². The smallest absolute Gasteiger partial charge is 0.187 e. The number of aliphatic hydroxyl groups is 30. The van der Waals surface area contributed by atoms with Gasteiger partial charge in [0.1, 0.15) is 232 Å².